The Morgan fingerprint density at radius 3 is 1.33 bits per heavy atom. The van der Waals surface area contributed by atoms with Gasteiger partial charge in [-0.2, -0.15) is 0 Å². The molecule has 2 heteroatoms. The molecule has 0 N–H and O–H groups in total. The number of rotatable bonds is 4. The van der Waals surface area contributed by atoms with Crippen molar-refractivity contribution < 1.29 is 0 Å². The number of fused-ring (bicyclic) bond motifs is 7. The summed E-state index contributed by atoms with van der Waals surface area (Å²) in [7, 11) is 0. The highest BCUT2D eigenvalue weighted by Gasteiger charge is 2.19. The van der Waals surface area contributed by atoms with Gasteiger partial charge in [-0.15, -0.1) is 0 Å². The Morgan fingerprint density at radius 2 is 0.708 bits per heavy atom. The topological polar surface area (TPSA) is 9.86 Å². The van der Waals surface area contributed by atoms with Gasteiger partial charge in [0.05, 0.1) is 22.1 Å². The number of hydrogen-bond acceptors (Lipinski definition) is 0. The number of hydrogen-bond donors (Lipinski definition) is 0. The van der Waals surface area contributed by atoms with Crippen LogP contribution in [0.5, 0.6) is 0 Å². The fourth-order valence-electron chi connectivity index (χ4n) is 7.78. The van der Waals surface area contributed by atoms with Gasteiger partial charge in [0.1, 0.15) is 0 Å². The molecule has 0 fully saturated rings. The van der Waals surface area contributed by atoms with Gasteiger partial charge in [-0.05, 0) is 81.6 Å². The van der Waals surface area contributed by atoms with Crippen molar-refractivity contribution in [1.29, 1.82) is 0 Å². The van der Waals surface area contributed by atoms with E-state index < -0.39 is 0 Å². The minimum Gasteiger partial charge on any atom is -0.309 e. The SMILES string of the molecule is c1ccc(-c2ccc(-c3ccc4c5cc6c7ccccc7n(-c7ccccc7)c6cc5n(-c5ccccc5)c4c3)c3ccccc23)cc1. The highest BCUT2D eigenvalue weighted by molar-refractivity contribution is 6.20. The monoisotopic (exact) mass is 610 g/mol. The summed E-state index contributed by atoms with van der Waals surface area (Å²) in [6, 6.07) is 66.2. The molecule has 0 aliphatic rings. The van der Waals surface area contributed by atoms with Gasteiger partial charge in [0.15, 0.2) is 0 Å². The van der Waals surface area contributed by atoms with Crippen LogP contribution in [0.1, 0.15) is 0 Å². The molecule has 0 amide bonds. The molecule has 0 spiro atoms. The predicted octanol–water partition coefficient (Wildman–Crippen LogP) is 12.4. The van der Waals surface area contributed by atoms with E-state index in [0.29, 0.717) is 0 Å². The van der Waals surface area contributed by atoms with E-state index >= 15 is 0 Å². The zero-order valence-corrected chi connectivity index (χ0v) is 26.2. The van der Waals surface area contributed by atoms with Gasteiger partial charge < -0.3 is 9.13 Å². The average Bonchev–Trinajstić information content (AvgIpc) is 3.66. The van der Waals surface area contributed by atoms with Crippen molar-refractivity contribution in [3.8, 4) is 33.6 Å². The molecule has 0 radical (unpaired) electrons. The molecule has 2 heterocycles. The highest BCUT2D eigenvalue weighted by Crippen LogP contribution is 2.42. The summed E-state index contributed by atoms with van der Waals surface area (Å²) < 4.78 is 4.85. The van der Waals surface area contributed by atoms with E-state index in [9.17, 15) is 0 Å². The molecule has 8 aromatic carbocycles. The van der Waals surface area contributed by atoms with Crippen molar-refractivity contribution in [2.45, 2.75) is 0 Å². The lowest BCUT2D eigenvalue weighted by Crippen LogP contribution is -1.95. The molecule has 48 heavy (non-hydrogen) atoms. The molecule has 2 aromatic heterocycles. The third-order valence-corrected chi connectivity index (χ3v) is 9.91. The van der Waals surface area contributed by atoms with Crippen LogP contribution >= 0.6 is 0 Å². The van der Waals surface area contributed by atoms with Crippen LogP contribution < -0.4 is 0 Å². The van der Waals surface area contributed by atoms with E-state index in [2.05, 4.69) is 191 Å². The summed E-state index contributed by atoms with van der Waals surface area (Å²) in [5, 5.41) is 7.56. The minimum atomic E-state index is 1.15. The van der Waals surface area contributed by atoms with Crippen LogP contribution in [-0.2, 0) is 0 Å². The van der Waals surface area contributed by atoms with Gasteiger partial charge in [-0.1, -0.05) is 133 Å². The molecule has 0 saturated carbocycles. The maximum atomic E-state index is 2.45. The molecule has 224 valence electrons. The number of para-hydroxylation sites is 3. The minimum absolute atomic E-state index is 1.15. The van der Waals surface area contributed by atoms with Gasteiger partial charge in [0.2, 0.25) is 0 Å². The van der Waals surface area contributed by atoms with E-state index in [1.54, 1.807) is 0 Å². The van der Waals surface area contributed by atoms with Gasteiger partial charge in [0, 0.05) is 32.9 Å². The van der Waals surface area contributed by atoms with E-state index in [4.69, 9.17) is 0 Å². The number of aromatic nitrogens is 2. The van der Waals surface area contributed by atoms with E-state index in [-0.39, 0.29) is 0 Å². The maximum Gasteiger partial charge on any atom is 0.0562 e. The average molecular weight is 611 g/mol. The van der Waals surface area contributed by atoms with Crippen molar-refractivity contribution in [1.82, 2.24) is 9.13 Å². The summed E-state index contributed by atoms with van der Waals surface area (Å²) in [5.41, 5.74) is 12.1. The van der Waals surface area contributed by atoms with Gasteiger partial charge in [-0.3, -0.25) is 0 Å². The fraction of sp³-hybridized carbons (Fsp3) is 0. The Balaban J connectivity index is 1.28. The first kappa shape index (κ1) is 26.8. The fourth-order valence-corrected chi connectivity index (χ4v) is 7.78. The van der Waals surface area contributed by atoms with Crippen molar-refractivity contribution in [3.05, 3.63) is 182 Å². The Kier molecular flexibility index (Phi) is 5.91. The van der Waals surface area contributed by atoms with Crippen LogP contribution in [0.4, 0.5) is 0 Å². The molecular weight excluding hydrogens is 581 g/mol. The third-order valence-electron chi connectivity index (χ3n) is 9.91. The summed E-state index contributed by atoms with van der Waals surface area (Å²) >= 11 is 0. The largest absolute Gasteiger partial charge is 0.309 e. The Morgan fingerprint density at radius 1 is 0.250 bits per heavy atom. The van der Waals surface area contributed by atoms with Crippen molar-refractivity contribution in [3.63, 3.8) is 0 Å². The van der Waals surface area contributed by atoms with Crippen LogP contribution in [0.2, 0.25) is 0 Å². The Hall–Kier alpha value is -6.38. The molecule has 0 saturated heterocycles. The lowest BCUT2D eigenvalue weighted by Gasteiger charge is -2.13. The molecule has 10 rings (SSSR count). The van der Waals surface area contributed by atoms with Crippen LogP contribution in [-0.4, -0.2) is 9.13 Å². The second-order valence-corrected chi connectivity index (χ2v) is 12.5. The first-order valence-electron chi connectivity index (χ1n) is 16.5. The van der Waals surface area contributed by atoms with E-state index in [0.717, 1.165) is 5.69 Å². The molecule has 0 bridgehead atoms. The van der Waals surface area contributed by atoms with Gasteiger partial charge >= 0.3 is 0 Å². The molecule has 2 nitrogen and oxygen atoms in total. The molecule has 0 aliphatic heterocycles. The summed E-state index contributed by atoms with van der Waals surface area (Å²) in [4.78, 5) is 0. The second kappa shape index (κ2) is 10.6. The maximum absolute atomic E-state index is 2.45. The lowest BCUT2D eigenvalue weighted by molar-refractivity contribution is 1.16. The Bertz CT molecular complexity index is 2810. The van der Waals surface area contributed by atoms with Crippen molar-refractivity contribution in [2.75, 3.05) is 0 Å². The quantitative estimate of drug-likeness (QED) is 0.188. The smallest absolute Gasteiger partial charge is 0.0562 e. The van der Waals surface area contributed by atoms with Crippen molar-refractivity contribution in [2.24, 2.45) is 0 Å². The van der Waals surface area contributed by atoms with E-state index in [1.165, 1.54) is 82.3 Å². The van der Waals surface area contributed by atoms with Crippen molar-refractivity contribution >= 4 is 54.4 Å². The Labute approximate surface area is 278 Å². The van der Waals surface area contributed by atoms with Gasteiger partial charge in [-0.25, -0.2) is 0 Å². The second-order valence-electron chi connectivity index (χ2n) is 12.5. The van der Waals surface area contributed by atoms with Crippen LogP contribution in [0.15, 0.2) is 182 Å². The summed E-state index contributed by atoms with van der Waals surface area (Å²) in [5.74, 6) is 0. The van der Waals surface area contributed by atoms with Crippen LogP contribution in [0.3, 0.4) is 0 Å². The van der Waals surface area contributed by atoms with Crippen LogP contribution in [0.25, 0.3) is 88.0 Å². The molecular formula is C46H30N2. The molecule has 0 atom stereocenters. The zero-order chi connectivity index (χ0) is 31.6. The molecule has 10 aromatic rings. The van der Waals surface area contributed by atoms with E-state index in [1.807, 2.05) is 0 Å². The molecule has 0 unspecified atom stereocenters. The van der Waals surface area contributed by atoms with Crippen LogP contribution in [0, 0.1) is 0 Å². The lowest BCUT2D eigenvalue weighted by atomic mass is 9.92. The summed E-state index contributed by atoms with van der Waals surface area (Å²) in [6.45, 7) is 0. The predicted molar refractivity (Wildman–Crippen MR) is 203 cm³/mol. The first-order chi connectivity index (χ1) is 23.8. The third kappa shape index (κ3) is 4.00. The number of nitrogens with zero attached hydrogens (tertiary/aromatic N) is 2. The molecule has 0 aliphatic carbocycles. The summed E-state index contributed by atoms with van der Waals surface area (Å²) in [6.07, 6.45) is 0. The first-order valence-corrected chi connectivity index (χ1v) is 16.5. The number of benzene rings is 8. The normalized spacial score (nSPS) is 11.8. The highest BCUT2D eigenvalue weighted by atomic mass is 15.0. The van der Waals surface area contributed by atoms with Gasteiger partial charge in [0.25, 0.3) is 0 Å². The standard InChI is InChI=1S/C46H30N2/c1-4-14-31(15-5-1)35-26-27-36(38-21-11-10-20-37(35)38)32-24-25-40-42-29-41-39-22-12-13-23-43(39)47(33-16-6-2-7-17-33)45(41)30-46(42)48(44(40)28-32)34-18-8-3-9-19-34/h1-30H. The zero-order valence-electron chi connectivity index (χ0n) is 26.2.